The number of rotatable bonds is 6. The fourth-order valence-electron chi connectivity index (χ4n) is 3.49. The predicted molar refractivity (Wildman–Crippen MR) is 100 cm³/mol. The van der Waals surface area contributed by atoms with Crippen molar-refractivity contribution in [3.8, 4) is 0 Å². The molecule has 5 nitrogen and oxygen atoms in total. The molecule has 0 bridgehead atoms. The summed E-state index contributed by atoms with van der Waals surface area (Å²) >= 11 is 0. The summed E-state index contributed by atoms with van der Waals surface area (Å²) in [7, 11) is 0. The quantitative estimate of drug-likeness (QED) is 0.831. The van der Waals surface area contributed by atoms with Crippen molar-refractivity contribution in [1.29, 1.82) is 0 Å². The van der Waals surface area contributed by atoms with E-state index in [1.807, 2.05) is 30.0 Å². The van der Waals surface area contributed by atoms with Gasteiger partial charge in [0.1, 0.15) is 0 Å². The molecule has 0 spiro atoms. The Kier molecular flexibility index (Phi) is 7.00. The van der Waals surface area contributed by atoms with E-state index in [-0.39, 0.29) is 23.9 Å². The van der Waals surface area contributed by atoms with Crippen LogP contribution in [0.3, 0.4) is 0 Å². The van der Waals surface area contributed by atoms with Crippen LogP contribution in [0.4, 0.5) is 0 Å². The van der Waals surface area contributed by atoms with E-state index in [0.29, 0.717) is 12.5 Å². The number of carbonyl (C=O) groups is 2. The number of piperidine rings is 1. The molecule has 0 radical (unpaired) electrons. The van der Waals surface area contributed by atoms with E-state index in [1.54, 1.807) is 6.92 Å². The van der Waals surface area contributed by atoms with Crippen molar-refractivity contribution in [2.45, 2.75) is 59.2 Å². The van der Waals surface area contributed by atoms with Gasteiger partial charge in [0.05, 0.1) is 6.04 Å². The second-order valence-corrected chi connectivity index (χ2v) is 7.06. The first-order valence-electron chi connectivity index (χ1n) is 9.26. The first-order chi connectivity index (χ1) is 11.9. The maximum absolute atomic E-state index is 12.4. The third-order valence-electron chi connectivity index (χ3n) is 5.28. The lowest BCUT2D eigenvalue weighted by Gasteiger charge is -2.39. The van der Waals surface area contributed by atoms with Gasteiger partial charge in [0.15, 0.2) is 0 Å². The topological polar surface area (TPSA) is 61.4 Å². The van der Waals surface area contributed by atoms with Crippen LogP contribution in [0.5, 0.6) is 0 Å². The van der Waals surface area contributed by atoms with Gasteiger partial charge in [-0.25, -0.2) is 0 Å². The Labute approximate surface area is 151 Å². The molecule has 3 atom stereocenters. The van der Waals surface area contributed by atoms with Gasteiger partial charge < -0.3 is 15.5 Å². The van der Waals surface area contributed by atoms with Crippen molar-refractivity contribution < 1.29 is 9.59 Å². The normalized spacial score (nSPS) is 21.7. The van der Waals surface area contributed by atoms with E-state index in [4.69, 9.17) is 0 Å². The summed E-state index contributed by atoms with van der Waals surface area (Å²) in [5.74, 6) is 0.553. The van der Waals surface area contributed by atoms with Crippen LogP contribution in [0.1, 0.15) is 44.7 Å². The second-order valence-electron chi connectivity index (χ2n) is 7.06. The molecular weight excluding hydrogens is 314 g/mol. The fraction of sp³-hybridized carbons (Fsp3) is 0.600. The molecule has 25 heavy (non-hydrogen) atoms. The highest BCUT2D eigenvalue weighted by Crippen LogP contribution is 2.21. The van der Waals surface area contributed by atoms with E-state index < -0.39 is 0 Å². The molecule has 1 saturated heterocycles. The molecule has 0 aliphatic carbocycles. The number of nitrogens with one attached hydrogen (secondary N) is 2. The second kappa shape index (κ2) is 8.99. The third-order valence-corrected chi connectivity index (χ3v) is 5.28. The Morgan fingerprint density at radius 3 is 2.68 bits per heavy atom. The largest absolute Gasteiger partial charge is 0.351 e. The van der Waals surface area contributed by atoms with Gasteiger partial charge in [0.25, 0.3) is 0 Å². The van der Waals surface area contributed by atoms with E-state index >= 15 is 0 Å². The maximum Gasteiger partial charge on any atom is 0.237 e. The molecule has 1 aliphatic rings. The molecule has 1 heterocycles. The Balaban J connectivity index is 1.85. The van der Waals surface area contributed by atoms with Gasteiger partial charge in [0.2, 0.25) is 11.8 Å². The highest BCUT2D eigenvalue weighted by atomic mass is 16.2. The number of amides is 2. The SMILES string of the molecule is CC[C@@H]1CN(C(C)=O)CC[C@@H]1N[C@@H](C)C(=O)NCc1ccccc1C. The fourth-order valence-corrected chi connectivity index (χ4v) is 3.49. The number of likely N-dealkylation sites (tertiary alicyclic amines) is 1. The number of nitrogens with zero attached hydrogens (tertiary/aromatic N) is 1. The molecule has 1 aromatic carbocycles. The molecule has 1 aliphatic heterocycles. The average Bonchev–Trinajstić information content (AvgIpc) is 2.60. The highest BCUT2D eigenvalue weighted by Gasteiger charge is 2.30. The Hall–Kier alpha value is -1.88. The molecule has 2 rings (SSSR count). The van der Waals surface area contributed by atoms with Crippen LogP contribution < -0.4 is 10.6 Å². The van der Waals surface area contributed by atoms with Gasteiger partial charge in [-0.05, 0) is 37.3 Å². The summed E-state index contributed by atoms with van der Waals surface area (Å²) in [5.41, 5.74) is 2.33. The molecule has 1 fully saturated rings. The number of hydrogen-bond donors (Lipinski definition) is 2. The number of carbonyl (C=O) groups excluding carboxylic acids is 2. The monoisotopic (exact) mass is 345 g/mol. The summed E-state index contributed by atoms with van der Waals surface area (Å²) in [6.07, 6.45) is 1.90. The molecule has 5 heteroatoms. The summed E-state index contributed by atoms with van der Waals surface area (Å²) in [6, 6.07) is 8.12. The molecule has 2 N–H and O–H groups in total. The van der Waals surface area contributed by atoms with Crippen molar-refractivity contribution in [2.75, 3.05) is 13.1 Å². The smallest absolute Gasteiger partial charge is 0.237 e. The van der Waals surface area contributed by atoms with Gasteiger partial charge in [-0.3, -0.25) is 9.59 Å². The zero-order chi connectivity index (χ0) is 18.4. The number of aryl methyl sites for hydroxylation is 1. The van der Waals surface area contributed by atoms with Gasteiger partial charge in [-0.1, -0.05) is 37.6 Å². The van der Waals surface area contributed by atoms with Gasteiger partial charge in [0, 0.05) is 32.6 Å². The predicted octanol–water partition coefficient (Wildman–Crippen LogP) is 2.24. The van der Waals surface area contributed by atoms with Crippen molar-refractivity contribution >= 4 is 11.8 Å². The standard InChI is InChI=1S/C20H31N3O2/c1-5-17-13-23(16(4)24)11-10-19(17)22-15(3)20(25)21-12-18-9-7-6-8-14(18)2/h6-9,15,17,19,22H,5,10-13H2,1-4H3,(H,21,25)/t15-,17+,19-/m0/s1. The summed E-state index contributed by atoms with van der Waals surface area (Å²) in [6.45, 7) is 9.84. The lowest BCUT2D eigenvalue weighted by Crippen LogP contribution is -2.55. The van der Waals surface area contributed by atoms with Crippen LogP contribution in [0.15, 0.2) is 24.3 Å². The summed E-state index contributed by atoms with van der Waals surface area (Å²) in [4.78, 5) is 25.9. The van der Waals surface area contributed by atoms with E-state index in [1.165, 1.54) is 5.56 Å². The first-order valence-corrected chi connectivity index (χ1v) is 9.26. The minimum atomic E-state index is -0.244. The molecule has 1 aromatic rings. The number of benzene rings is 1. The van der Waals surface area contributed by atoms with E-state index in [0.717, 1.165) is 31.5 Å². The third kappa shape index (κ3) is 5.30. The van der Waals surface area contributed by atoms with E-state index in [2.05, 4.69) is 30.5 Å². The minimum Gasteiger partial charge on any atom is -0.351 e. The van der Waals surface area contributed by atoms with Crippen LogP contribution in [0, 0.1) is 12.8 Å². The van der Waals surface area contributed by atoms with Crippen LogP contribution in [-0.2, 0) is 16.1 Å². The lowest BCUT2D eigenvalue weighted by atomic mass is 9.89. The molecule has 0 saturated carbocycles. The van der Waals surface area contributed by atoms with Gasteiger partial charge in [-0.2, -0.15) is 0 Å². The molecular formula is C20H31N3O2. The molecule has 0 unspecified atom stereocenters. The highest BCUT2D eigenvalue weighted by molar-refractivity contribution is 5.81. The molecule has 138 valence electrons. The van der Waals surface area contributed by atoms with Crippen molar-refractivity contribution in [2.24, 2.45) is 5.92 Å². The summed E-state index contributed by atoms with van der Waals surface area (Å²) < 4.78 is 0. The van der Waals surface area contributed by atoms with Crippen LogP contribution in [0.2, 0.25) is 0 Å². The average molecular weight is 345 g/mol. The van der Waals surface area contributed by atoms with Crippen molar-refractivity contribution in [3.05, 3.63) is 35.4 Å². The Morgan fingerprint density at radius 2 is 2.04 bits per heavy atom. The van der Waals surface area contributed by atoms with E-state index in [9.17, 15) is 9.59 Å². The van der Waals surface area contributed by atoms with Crippen LogP contribution in [-0.4, -0.2) is 41.9 Å². The maximum atomic E-state index is 12.4. The lowest BCUT2D eigenvalue weighted by molar-refractivity contribution is -0.131. The first kappa shape index (κ1) is 19.4. The van der Waals surface area contributed by atoms with Crippen molar-refractivity contribution in [1.82, 2.24) is 15.5 Å². The van der Waals surface area contributed by atoms with Crippen molar-refractivity contribution in [3.63, 3.8) is 0 Å². The van der Waals surface area contributed by atoms with Crippen LogP contribution >= 0.6 is 0 Å². The zero-order valence-electron chi connectivity index (χ0n) is 15.8. The van der Waals surface area contributed by atoms with Crippen LogP contribution in [0.25, 0.3) is 0 Å². The van der Waals surface area contributed by atoms with Gasteiger partial charge in [-0.15, -0.1) is 0 Å². The number of hydrogen-bond acceptors (Lipinski definition) is 3. The zero-order valence-corrected chi connectivity index (χ0v) is 15.8. The Bertz CT molecular complexity index is 602. The Morgan fingerprint density at radius 1 is 1.32 bits per heavy atom. The summed E-state index contributed by atoms with van der Waals surface area (Å²) in [5, 5.41) is 6.50. The van der Waals surface area contributed by atoms with Gasteiger partial charge >= 0.3 is 0 Å². The molecule has 2 amide bonds. The minimum absolute atomic E-state index is 0.0205. The molecule has 0 aromatic heterocycles.